The Morgan fingerprint density at radius 1 is 0.692 bits per heavy atom. The van der Waals surface area contributed by atoms with Crippen molar-refractivity contribution >= 4 is 11.8 Å². The van der Waals surface area contributed by atoms with E-state index in [0.29, 0.717) is 0 Å². The van der Waals surface area contributed by atoms with Crippen molar-refractivity contribution < 1.29 is 0 Å². The summed E-state index contributed by atoms with van der Waals surface area (Å²) < 4.78 is 0. The summed E-state index contributed by atoms with van der Waals surface area (Å²) in [5.41, 5.74) is 0. The predicted molar refractivity (Wildman–Crippen MR) is 123 cm³/mol. The fourth-order valence-corrected chi connectivity index (χ4v) is 5.08. The molecule has 0 aliphatic carbocycles. The maximum atomic E-state index is 2.66. The van der Waals surface area contributed by atoms with Gasteiger partial charge in [-0.15, -0.1) is 0 Å². The van der Waals surface area contributed by atoms with E-state index in [1.807, 2.05) is 0 Å². The van der Waals surface area contributed by atoms with Gasteiger partial charge in [-0.05, 0) is 51.1 Å². The van der Waals surface area contributed by atoms with Gasteiger partial charge in [-0.2, -0.15) is 11.8 Å². The van der Waals surface area contributed by atoms with Crippen LogP contribution in [0, 0.1) is 0 Å². The molecule has 1 atom stereocenters. The lowest BCUT2D eigenvalue weighted by molar-refractivity contribution is 0.334. The zero-order chi connectivity index (χ0) is 18.7. The standard InChI is InChI=1S/C24H49NS/c1-3-4-5-6-7-8-9-10-11-12-13-14-15-18-23-26-24(2)19-22-25-20-16-17-21-25/h24H,3-23H2,1-2H3. The molecule has 1 rings (SSSR count). The van der Waals surface area contributed by atoms with Crippen molar-refractivity contribution in [3.63, 3.8) is 0 Å². The van der Waals surface area contributed by atoms with Gasteiger partial charge in [0.2, 0.25) is 0 Å². The summed E-state index contributed by atoms with van der Waals surface area (Å²) in [6.07, 6.45) is 24.8. The molecule has 0 saturated carbocycles. The van der Waals surface area contributed by atoms with E-state index in [1.54, 1.807) is 0 Å². The van der Waals surface area contributed by atoms with Gasteiger partial charge < -0.3 is 4.90 Å². The van der Waals surface area contributed by atoms with Gasteiger partial charge >= 0.3 is 0 Å². The van der Waals surface area contributed by atoms with Gasteiger partial charge in [-0.3, -0.25) is 0 Å². The zero-order valence-corrected chi connectivity index (χ0v) is 19.1. The average Bonchev–Trinajstić information content (AvgIpc) is 3.17. The number of hydrogen-bond donors (Lipinski definition) is 0. The van der Waals surface area contributed by atoms with E-state index in [9.17, 15) is 0 Å². The minimum absolute atomic E-state index is 0.859. The Kier molecular flexibility index (Phi) is 17.5. The third kappa shape index (κ3) is 15.4. The Labute approximate surface area is 170 Å². The van der Waals surface area contributed by atoms with Crippen LogP contribution in [0.5, 0.6) is 0 Å². The molecule has 1 nitrogen and oxygen atoms in total. The number of thioether (sulfide) groups is 1. The van der Waals surface area contributed by atoms with Crippen LogP contribution in [0.15, 0.2) is 0 Å². The number of likely N-dealkylation sites (tertiary alicyclic amines) is 1. The maximum absolute atomic E-state index is 2.66. The Morgan fingerprint density at radius 2 is 1.15 bits per heavy atom. The summed E-state index contributed by atoms with van der Waals surface area (Å²) >= 11 is 2.22. The van der Waals surface area contributed by atoms with Crippen molar-refractivity contribution in [2.45, 2.75) is 128 Å². The van der Waals surface area contributed by atoms with Gasteiger partial charge in [0.25, 0.3) is 0 Å². The Morgan fingerprint density at radius 3 is 1.65 bits per heavy atom. The summed E-state index contributed by atoms with van der Waals surface area (Å²) in [7, 11) is 0. The summed E-state index contributed by atoms with van der Waals surface area (Å²) in [6.45, 7) is 8.79. The molecule has 1 aliphatic heterocycles. The smallest absolute Gasteiger partial charge is 0.00308 e. The first-order valence-electron chi connectivity index (χ1n) is 12.2. The SMILES string of the molecule is CCCCCCCCCCCCCCCCSC(C)CCN1CCCC1. The molecule has 0 spiro atoms. The van der Waals surface area contributed by atoms with Gasteiger partial charge in [0, 0.05) is 5.25 Å². The maximum Gasteiger partial charge on any atom is 0.00308 e. The molecule has 156 valence electrons. The van der Waals surface area contributed by atoms with Gasteiger partial charge in [-0.1, -0.05) is 97.3 Å². The highest BCUT2D eigenvalue weighted by atomic mass is 32.2. The topological polar surface area (TPSA) is 3.24 Å². The monoisotopic (exact) mass is 383 g/mol. The highest BCUT2D eigenvalue weighted by molar-refractivity contribution is 7.99. The molecule has 26 heavy (non-hydrogen) atoms. The van der Waals surface area contributed by atoms with E-state index in [1.165, 1.54) is 135 Å². The third-order valence-electron chi connectivity index (χ3n) is 5.95. The van der Waals surface area contributed by atoms with Crippen LogP contribution in [-0.4, -0.2) is 35.5 Å². The van der Waals surface area contributed by atoms with Crippen molar-refractivity contribution in [3.8, 4) is 0 Å². The van der Waals surface area contributed by atoms with Crippen LogP contribution in [0.1, 0.15) is 123 Å². The van der Waals surface area contributed by atoms with Gasteiger partial charge in [0.05, 0.1) is 0 Å². The van der Waals surface area contributed by atoms with Crippen LogP contribution in [0.2, 0.25) is 0 Å². The molecule has 0 amide bonds. The molecular weight excluding hydrogens is 334 g/mol. The molecule has 0 radical (unpaired) electrons. The molecule has 0 N–H and O–H groups in total. The molecular formula is C24H49NS. The van der Waals surface area contributed by atoms with Crippen LogP contribution in [0.3, 0.4) is 0 Å². The molecule has 1 heterocycles. The average molecular weight is 384 g/mol. The van der Waals surface area contributed by atoms with Gasteiger partial charge in [-0.25, -0.2) is 0 Å². The van der Waals surface area contributed by atoms with E-state index < -0.39 is 0 Å². The number of nitrogens with zero attached hydrogens (tertiary/aromatic N) is 1. The fourth-order valence-electron chi connectivity index (χ4n) is 4.04. The minimum atomic E-state index is 0.859. The molecule has 2 heteroatoms. The molecule has 0 aromatic rings. The summed E-state index contributed by atoms with van der Waals surface area (Å²) in [4.78, 5) is 2.66. The molecule has 1 saturated heterocycles. The van der Waals surface area contributed by atoms with E-state index in [0.717, 1.165) is 5.25 Å². The van der Waals surface area contributed by atoms with E-state index >= 15 is 0 Å². The first-order chi connectivity index (χ1) is 12.8. The molecule has 1 unspecified atom stereocenters. The number of unbranched alkanes of at least 4 members (excludes halogenated alkanes) is 13. The normalized spacial score (nSPS) is 16.4. The first kappa shape index (κ1) is 24.3. The van der Waals surface area contributed by atoms with Crippen molar-refractivity contribution in [2.24, 2.45) is 0 Å². The molecule has 1 fully saturated rings. The Balaban J connectivity index is 1.70. The Hall–Kier alpha value is 0.310. The molecule has 1 aliphatic rings. The van der Waals surface area contributed by atoms with Crippen molar-refractivity contribution in [1.82, 2.24) is 4.90 Å². The van der Waals surface area contributed by atoms with Crippen molar-refractivity contribution in [1.29, 1.82) is 0 Å². The molecule has 0 bridgehead atoms. The van der Waals surface area contributed by atoms with E-state index in [2.05, 4.69) is 30.5 Å². The Bertz CT molecular complexity index is 275. The largest absolute Gasteiger partial charge is 0.303 e. The second-order valence-electron chi connectivity index (χ2n) is 8.62. The first-order valence-corrected chi connectivity index (χ1v) is 13.2. The van der Waals surface area contributed by atoms with Crippen LogP contribution in [0.25, 0.3) is 0 Å². The summed E-state index contributed by atoms with van der Waals surface area (Å²) in [5, 5.41) is 0.859. The number of hydrogen-bond acceptors (Lipinski definition) is 2. The molecule has 0 aromatic carbocycles. The lowest BCUT2D eigenvalue weighted by Crippen LogP contribution is -2.22. The minimum Gasteiger partial charge on any atom is -0.303 e. The number of rotatable bonds is 19. The van der Waals surface area contributed by atoms with E-state index in [-0.39, 0.29) is 0 Å². The lowest BCUT2D eigenvalue weighted by atomic mass is 10.0. The second-order valence-corrected chi connectivity index (χ2v) is 10.2. The lowest BCUT2D eigenvalue weighted by Gasteiger charge is -2.17. The van der Waals surface area contributed by atoms with Crippen LogP contribution in [-0.2, 0) is 0 Å². The fraction of sp³-hybridized carbons (Fsp3) is 1.00. The van der Waals surface area contributed by atoms with Crippen molar-refractivity contribution in [2.75, 3.05) is 25.4 Å². The quantitative estimate of drug-likeness (QED) is 0.207. The van der Waals surface area contributed by atoms with Crippen molar-refractivity contribution in [3.05, 3.63) is 0 Å². The third-order valence-corrected chi connectivity index (χ3v) is 7.28. The predicted octanol–water partition coefficient (Wildman–Crippen LogP) is 8.08. The zero-order valence-electron chi connectivity index (χ0n) is 18.3. The van der Waals surface area contributed by atoms with E-state index in [4.69, 9.17) is 0 Å². The molecule has 0 aromatic heterocycles. The van der Waals surface area contributed by atoms with Gasteiger partial charge in [0.15, 0.2) is 0 Å². The van der Waals surface area contributed by atoms with Crippen LogP contribution < -0.4 is 0 Å². The highest BCUT2D eigenvalue weighted by Crippen LogP contribution is 2.19. The summed E-state index contributed by atoms with van der Waals surface area (Å²) in [5.74, 6) is 1.39. The second kappa shape index (κ2) is 18.7. The summed E-state index contributed by atoms with van der Waals surface area (Å²) in [6, 6.07) is 0. The van der Waals surface area contributed by atoms with Gasteiger partial charge in [0.1, 0.15) is 0 Å². The van der Waals surface area contributed by atoms with Crippen LogP contribution in [0.4, 0.5) is 0 Å². The van der Waals surface area contributed by atoms with Crippen LogP contribution >= 0.6 is 11.8 Å². The highest BCUT2D eigenvalue weighted by Gasteiger charge is 2.12.